The van der Waals surface area contributed by atoms with E-state index in [2.05, 4.69) is 5.32 Å². The molecule has 1 aliphatic rings. The molecule has 0 amide bonds. The fraction of sp³-hybridized carbons (Fsp3) is 0.778. The molecule has 6 nitrogen and oxygen atoms in total. The van der Waals surface area contributed by atoms with E-state index < -0.39 is 24.4 Å². The summed E-state index contributed by atoms with van der Waals surface area (Å²) in [5, 5.41) is 20.2. The number of hydrogen-bond acceptors (Lipinski definition) is 4. The SMILES string of the molecule is O=C(O)CC(NC1CCOCC1)C(=O)O. The lowest BCUT2D eigenvalue weighted by atomic mass is 10.1. The van der Waals surface area contributed by atoms with Gasteiger partial charge in [0.1, 0.15) is 6.04 Å². The van der Waals surface area contributed by atoms with Gasteiger partial charge in [0.05, 0.1) is 6.42 Å². The molecule has 3 N–H and O–H groups in total. The van der Waals surface area contributed by atoms with Gasteiger partial charge in [-0.2, -0.15) is 0 Å². The van der Waals surface area contributed by atoms with Gasteiger partial charge in [0.15, 0.2) is 0 Å². The number of rotatable bonds is 5. The van der Waals surface area contributed by atoms with Crippen molar-refractivity contribution in [3.63, 3.8) is 0 Å². The minimum atomic E-state index is -1.12. The van der Waals surface area contributed by atoms with Crippen LogP contribution in [0.2, 0.25) is 0 Å². The van der Waals surface area contributed by atoms with E-state index in [4.69, 9.17) is 14.9 Å². The van der Waals surface area contributed by atoms with Gasteiger partial charge in [0.25, 0.3) is 0 Å². The highest BCUT2D eigenvalue weighted by atomic mass is 16.5. The lowest BCUT2D eigenvalue weighted by Gasteiger charge is -2.25. The Kier molecular flexibility index (Phi) is 4.51. The summed E-state index contributed by atoms with van der Waals surface area (Å²) in [6.07, 6.45) is 1.06. The van der Waals surface area contributed by atoms with Gasteiger partial charge in [0, 0.05) is 19.3 Å². The van der Waals surface area contributed by atoms with Crippen LogP contribution in [0.1, 0.15) is 19.3 Å². The molecule has 1 fully saturated rings. The second-order valence-corrected chi connectivity index (χ2v) is 3.54. The smallest absolute Gasteiger partial charge is 0.321 e. The molecule has 0 aromatic carbocycles. The highest BCUT2D eigenvalue weighted by Gasteiger charge is 2.25. The van der Waals surface area contributed by atoms with Gasteiger partial charge < -0.3 is 20.3 Å². The minimum absolute atomic E-state index is 0.0409. The monoisotopic (exact) mass is 217 g/mol. The summed E-state index contributed by atoms with van der Waals surface area (Å²) >= 11 is 0. The first-order valence-electron chi connectivity index (χ1n) is 4.88. The molecule has 1 aliphatic heterocycles. The lowest BCUT2D eigenvalue weighted by molar-refractivity contribution is -0.146. The second-order valence-electron chi connectivity index (χ2n) is 3.54. The van der Waals surface area contributed by atoms with Crippen LogP contribution in [-0.2, 0) is 14.3 Å². The molecule has 86 valence electrons. The van der Waals surface area contributed by atoms with Crippen LogP contribution < -0.4 is 5.32 Å². The van der Waals surface area contributed by atoms with E-state index in [1.165, 1.54) is 0 Å². The first-order chi connectivity index (χ1) is 7.09. The molecule has 0 aliphatic carbocycles. The molecule has 0 aromatic rings. The second kappa shape index (κ2) is 5.67. The summed E-state index contributed by atoms with van der Waals surface area (Å²) in [6.45, 7) is 1.19. The molecule has 0 radical (unpaired) electrons. The number of carboxylic acid groups (broad SMARTS) is 2. The standard InChI is InChI=1S/C9H15NO5/c11-8(12)5-7(9(13)14)10-6-1-3-15-4-2-6/h6-7,10H,1-5H2,(H,11,12)(H,13,14). The van der Waals surface area contributed by atoms with E-state index >= 15 is 0 Å². The molecule has 1 heterocycles. The average molecular weight is 217 g/mol. The zero-order valence-electron chi connectivity index (χ0n) is 8.31. The Balaban J connectivity index is 2.42. The third kappa shape index (κ3) is 4.26. The number of hydrogen-bond donors (Lipinski definition) is 3. The molecule has 0 saturated carbocycles. The van der Waals surface area contributed by atoms with Crippen molar-refractivity contribution in [3.05, 3.63) is 0 Å². The molecule has 0 aromatic heterocycles. The maximum Gasteiger partial charge on any atom is 0.321 e. The van der Waals surface area contributed by atoms with Crippen molar-refractivity contribution >= 4 is 11.9 Å². The Morgan fingerprint density at radius 1 is 1.33 bits per heavy atom. The Bertz CT molecular complexity index is 237. The van der Waals surface area contributed by atoms with Crippen LogP contribution >= 0.6 is 0 Å². The number of aliphatic carboxylic acids is 2. The molecule has 1 rings (SSSR count). The van der Waals surface area contributed by atoms with Crippen molar-refractivity contribution < 1.29 is 24.5 Å². The Hall–Kier alpha value is -1.14. The topological polar surface area (TPSA) is 95.9 Å². The number of carbonyl (C=O) groups is 2. The Labute approximate surface area is 87.2 Å². The molecule has 1 saturated heterocycles. The summed E-state index contributed by atoms with van der Waals surface area (Å²) in [5.41, 5.74) is 0. The molecule has 1 atom stereocenters. The van der Waals surface area contributed by atoms with Gasteiger partial charge in [0.2, 0.25) is 0 Å². The van der Waals surface area contributed by atoms with Gasteiger partial charge in [-0.1, -0.05) is 0 Å². The van der Waals surface area contributed by atoms with Crippen LogP contribution in [0.15, 0.2) is 0 Å². The third-order valence-corrected chi connectivity index (χ3v) is 2.34. The molecular weight excluding hydrogens is 202 g/mol. The van der Waals surface area contributed by atoms with E-state index in [1.807, 2.05) is 0 Å². The predicted octanol–water partition coefficient (Wildman–Crippen LogP) is -0.317. The van der Waals surface area contributed by atoms with Crippen LogP contribution in [0, 0.1) is 0 Å². The molecule has 15 heavy (non-hydrogen) atoms. The van der Waals surface area contributed by atoms with Crippen molar-refractivity contribution in [2.75, 3.05) is 13.2 Å². The Morgan fingerprint density at radius 3 is 2.40 bits per heavy atom. The van der Waals surface area contributed by atoms with Gasteiger partial charge in [-0.15, -0.1) is 0 Å². The van der Waals surface area contributed by atoms with Crippen LogP contribution in [-0.4, -0.2) is 47.4 Å². The van der Waals surface area contributed by atoms with Gasteiger partial charge in [-0.25, -0.2) is 0 Å². The first kappa shape index (κ1) is 11.9. The van der Waals surface area contributed by atoms with Crippen LogP contribution in [0.5, 0.6) is 0 Å². The fourth-order valence-corrected chi connectivity index (χ4v) is 1.54. The van der Waals surface area contributed by atoms with Crippen molar-refractivity contribution in [1.82, 2.24) is 5.32 Å². The molecule has 0 spiro atoms. The zero-order chi connectivity index (χ0) is 11.3. The molecule has 6 heteroatoms. The third-order valence-electron chi connectivity index (χ3n) is 2.34. The van der Waals surface area contributed by atoms with Crippen molar-refractivity contribution in [2.45, 2.75) is 31.3 Å². The minimum Gasteiger partial charge on any atom is -0.481 e. The number of ether oxygens (including phenoxy) is 1. The van der Waals surface area contributed by atoms with Crippen molar-refractivity contribution in [1.29, 1.82) is 0 Å². The maximum absolute atomic E-state index is 10.8. The summed E-state index contributed by atoms with van der Waals surface area (Å²) in [5.74, 6) is -2.23. The van der Waals surface area contributed by atoms with Gasteiger partial charge in [-0.3, -0.25) is 9.59 Å². The fourth-order valence-electron chi connectivity index (χ4n) is 1.54. The maximum atomic E-state index is 10.8. The van der Waals surface area contributed by atoms with Gasteiger partial charge >= 0.3 is 11.9 Å². The van der Waals surface area contributed by atoms with Crippen molar-refractivity contribution in [3.8, 4) is 0 Å². The van der Waals surface area contributed by atoms with Crippen LogP contribution in [0.4, 0.5) is 0 Å². The average Bonchev–Trinajstić information content (AvgIpc) is 2.17. The zero-order valence-corrected chi connectivity index (χ0v) is 8.31. The van der Waals surface area contributed by atoms with E-state index in [9.17, 15) is 9.59 Å². The highest BCUT2D eigenvalue weighted by molar-refractivity contribution is 5.80. The van der Waals surface area contributed by atoms with Crippen molar-refractivity contribution in [2.24, 2.45) is 0 Å². The summed E-state index contributed by atoms with van der Waals surface area (Å²) in [6, 6.07) is -0.968. The normalized spacial score (nSPS) is 19.7. The summed E-state index contributed by atoms with van der Waals surface area (Å²) in [4.78, 5) is 21.2. The molecule has 0 bridgehead atoms. The largest absolute Gasteiger partial charge is 0.481 e. The van der Waals surface area contributed by atoms with E-state index in [-0.39, 0.29) is 6.04 Å². The summed E-state index contributed by atoms with van der Waals surface area (Å²) in [7, 11) is 0. The number of carboxylic acids is 2. The number of nitrogens with one attached hydrogen (secondary N) is 1. The first-order valence-corrected chi connectivity index (χ1v) is 4.88. The van der Waals surface area contributed by atoms with Gasteiger partial charge in [-0.05, 0) is 12.8 Å². The predicted molar refractivity (Wildman–Crippen MR) is 50.7 cm³/mol. The molecular formula is C9H15NO5. The Morgan fingerprint density at radius 2 is 1.93 bits per heavy atom. The lowest BCUT2D eigenvalue weighted by Crippen LogP contribution is -2.46. The van der Waals surface area contributed by atoms with E-state index in [1.54, 1.807) is 0 Å². The summed E-state index contributed by atoms with van der Waals surface area (Å²) < 4.78 is 5.12. The highest BCUT2D eigenvalue weighted by Crippen LogP contribution is 2.08. The van der Waals surface area contributed by atoms with E-state index in [0.717, 1.165) is 12.8 Å². The molecule has 1 unspecified atom stereocenters. The van der Waals surface area contributed by atoms with Crippen LogP contribution in [0.3, 0.4) is 0 Å². The van der Waals surface area contributed by atoms with Crippen LogP contribution in [0.25, 0.3) is 0 Å². The quantitative estimate of drug-likeness (QED) is 0.584. The van der Waals surface area contributed by atoms with E-state index in [0.29, 0.717) is 13.2 Å².